The summed E-state index contributed by atoms with van der Waals surface area (Å²) in [5.41, 5.74) is -0.527. The molecule has 80 valence electrons. The largest absolute Gasteiger partial charge is 0.392 e. The number of hydrogen-bond donors (Lipinski definition) is 1. The van der Waals surface area contributed by atoms with E-state index >= 15 is 0 Å². The molecule has 3 nitrogen and oxygen atoms in total. The van der Waals surface area contributed by atoms with Gasteiger partial charge in [0.05, 0.1) is 6.61 Å². The molecule has 0 fully saturated rings. The van der Waals surface area contributed by atoms with E-state index < -0.39 is 13.0 Å². The monoisotopic (exact) mass is 214 g/mol. The van der Waals surface area contributed by atoms with Gasteiger partial charge in [-0.3, -0.25) is 9.59 Å². The van der Waals surface area contributed by atoms with Gasteiger partial charge in [-0.2, -0.15) is 0 Å². The third-order valence-corrected chi connectivity index (χ3v) is 1.99. The third kappa shape index (κ3) is 2.24. The van der Waals surface area contributed by atoms with E-state index in [4.69, 9.17) is 5.11 Å². The number of hydrogen-bond acceptors (Lipinski definition) is 3. The number of halogens is 2. The minimum Gasteiger partial charge on any atom is -0.392 e. The highest BCUT2D eigenvalue weighted by atomic mass is 19.3. The van der Waals surface area contributed by atoms with Crippen LogP contribution in [0.1, 0.15) is 38.3 Å². The van der Waals surface area contributed by atoms with Gasteiger partial charge in [0, 0.05) is 16.7 Å². The van der Waals surface area contributed by atoms with Crippen molar-refractivity contribution in [2.75, 3.05) is 0 Å². The van der Waals surface area contributed by atoms with Gasteiger partial charge < -0.3 is 5.11 Å². The number of aldehydes is 2. The van der Waals surface area contributed by atoms with Crippen LogP contribution in [0.2, 0.25) is 0 Å². The minimum atomic E-state index is -2.74. The van der Waals surface area contributed by atoms with Crippen LogP contribution in [-0.4, -0.2) is 17.7 Å². The van der Waals surface area contributed by atoms with Crippen molar-refractivity contribution < 1.29 is 23.5 Å². The van der Waals surface area contributed by atoms with Crippen LogP contribution in [0, 0.1) is 0 Å². The van der Waals surface area contributed by atoms with Crippen LogP contribution in [0.5, 0.6) is 0 Å². The molecule has 0 radical (unpaired) electrons. The molecule has 1 aromatic carbocycles. The number of carbonyl (C=O) groups excluding carboxylic acids is 2. The Morgan fingerprint density at radius 1 is 1.27 bits per heavy atom. The highest BCUT2D eigenvalue weighted by Gasteiger charge is 2.14. The molecule has 0 aliphatic rings. The summed E-state index contributed by atoms with van der Waals surface area (Å²) in [7, 11) is 0. The molecular formula is C10H8F2O3. The summed E-state index contributed by atoms with van der Waals surface area (Å²) in [6.07, 6.45) is -2.06. The molecule has 0 atom stereocenters. The SMILES string of the molecule is O=Cc1cc(C(F)F)cc(CO)c1C=O. The van der Waals surface area contributed by atoms with E-state index in [0.717, 1.165) is 12.1 Å². The molecule has 0 bridgehead atoms. The molecule has 0 aliphatic carbocycles. The van der Waals surface area contributed by atoms with Crippen LogP contribution >= 0.6 is 0 Å². The van der Waals surface area contributed by atoms with Crippen LogP contribution in [0.25, 0.3) is 0 Å². The maximum atomic E-state index is 12.3. The predicted molar refractivity (Wildman–Crippen MR) is 48.1 cm³/mol. The fourth-order valence-corrected chi connectivity index (χ4v) is 1.26. The average Bonchev–Trinajstić information content (AvgIpc) is 2.26. The number of carbonyl (C=O) groups is 2. The maximum Gasteiger partial charge on any atom is 0.263 e. The molecule has 5 heteroatoms. The Kier molecular flexibility index (Phi) is 3.62. The molecule has 1 N–H and O–H groups in total. The van der Waals surface area contributed by atoms with Gasteiger partial charge in [0.2, 0.25) is 0 Å². The van der Waals surface area contributed by atoms with Crippen molar-refractivity contribution >= 4 is 12.6 Å². The molecule has 15 heavy (non-hydrogen) atoms. The Labute approximate surface area is 84.3 Å². The van der Waals surface area contributed by atoms with Gasteiger partial charge in [0.15, 0.2) is 12.6 Å². The summed E-state index contributed by atoms with van der Waals surface area (Å²) >= 11 is 0. The third-order valence-electron chi connectivity index (χ3n) is 1.99. The van der Waals surface area contributed by atoms with Crippen molar-refractivity contribution in [3.8, 4) is 0 Å². The van der Waals surface area contributed by atoms with Crippen molar-refractivity contribution in [2.45, 2.75) is 13.0 Å². The van der Waals surface area contributed by atoms with Crippen molar-refractivity contribution in [3.05, 3.63) is 34.4 Å². The lowest BCUT2D eigenvalue weighted by molar-refractivity contribution is 0.109. The number of alkyl halides is 2. The van der Waals surface area contributed by atoms with Gasteiger partial charge in [-0.15, -0.1) is 0 Å². The van der Waals surface area contributed by atoms with Crippen LogP contribution in [0.3, 0.4) is 0 Å². The first kappa shape index (κ1) is 11.5. The first-order chi connectivity index (χ1) is 7.13. The molecule has 0 spiro atoms. The molecule has 0 amide bonds. The second-order valence-electron chi connectivity index (χ2n) is 2.88. The molecular weight excluding hydrogens is 206 g/mol. The fraction of sp³-hybridized carbons (Fsp3) is 0.200. The lowest BCUT2D eigenvalue weighted by atomic mass is 9.99. The first-order valence-electron chi connectivity index (χ1n) is 4.10. The van der Waals surface area contributed by atoms with E-state index in [0.29, 0.717) is 12.6 Å². The van der Waals surface area contributed by atoms with Gasteiger partial charge in [-0.25, -0.2) is 8.78 Å². The zero-order chi connectivity index (χ0) is 11.4. The van der Waals surface area contributed by atoms with E-state index in [9.17, 15) is 18.4 Å². The summed E-state index contributed by atoms with van der Waals surface area (Å²) in [4.78, 5) is 21.1. The smallest absolute Gasteiger partial charge is 0.263 e. The Morgan fingerprint density at radius 2 is 1.93 bits per heavy atom. The Bertz CT molecular complexity index is 388. The highest BCUT2D eigenvalue weighted by molar-refractivity contribution is 5.92. The summed E-state index contributed by atoms with van der Waals surface area (Å²) in [5, 5.41) is 8.86. The Morgan fingerprint density at radius 3 is 2.33 bits per heavy atom. The Balaban J connectivity index is 3.41. The van der Waals surface area contributed by atoms with Crippen molar-refractivity contribution in [1.29, 1.82) is 0 Å². The second kappa shape index (κ2) is 4.75. The van der Waals surface area contributed by atoms with Gasteiger partial charge >= 0.3 is 0 Å². The summed E-state index contributed by atoms with van der Waals surface area (Å²) in [5.74, 6) is 0. The number of benzene rings is 1. The predicted octanol–water partition coefficient (Wildman–Crippen LogP) is 1.74. The van der Waals surface area contributed by atoms with Crippen LogP contribution < -0.4 is 0 Å². The summed E-state index contributed by atoms with van der Waals surface area (Å²) in [6, 6.07) is 1.96. The first-order valence-corrected chi connectivity index (χ1v) is 4.10. The lowest BCUT2D eigenvalue weighted by Gasteiger charge is -2.07. The van der Waals surface area contributed by atoms with Crippen LogP contribution in [-0.2, 0) is 6.61 Å². The molecule has 0 heterocycles. The van der Waals surface area contributed by atoms with Gasteiger partial charge in [0.25, 0.3) is 6.43 Å². The van der Waals surface area contributed by atoms with E-state index in [1.807, 2.05) is 0 Å². The highest BCUT2D eigenvalue weighted by Crippen LogP contribution is 2.23. The van der Waals surface area contributed by atoms with Crippen LogP contribution in [0.15, 0.2) is 12.1 Å². The lowest BCUT2D eigenvalue weighted by Crippen LogP contribution is -2.01. The van der Waals surface area contributed by atoms with E-state index in [1.165, 1.54) is 0 Å². The molecule has 1 rings (SSSR count). The number of aliphatic hydroxyl groups excluding tert-OH is 1. The molecule has 0 aromatic heterocycles. The summed E-state index contributed by atoms with van der Waals surface area (Å²) < 4.78 is 24.7. The van der Waals surface area contributed by atoms with Gasteiger partial charge in [0.1, 0.15) is 0 Å². The standard InChI is InChI=1S/C10H8F2O3/c11-10(12)6-1-7(3-13)9(5-15)8(2-6)4-14/h1-3,5,10,14H,4H2. The van der Waals surface area contributed by atoms with E-state index in [1.54, 1.807) is 0 Å². The molecule has 0 aliphatic heterocycles. The normalized spacial score (nSPS) is 10.4. The molecule has 1 aromatic rings. The maximum absolute atomic E-state index is 12.3. The van der Waals surface area contributed by atoms with Gasteiger partial charge in [-0.05, 0) is 17.7 Å². The number of rotatable bonds is 4. The van der Waals surface area contributed by atoms with Crippen molar-refractivity contribution in [3.63, 3.8) is 0 Å². The van der Waals surface area contributed by atoms with Crippen molar-refractivity contribution in [1.82, 2.24) is 0 Å². The van der Waals surface area contributed by atoms with E-state index in [-0.39, 0.29) is 22.3 Å². The summed E-state index contributed by atoms with van der Waals surface area (Å²) in [6.45, 7) is -0.560. The second-order valence-corrected chi connectivity index (χ2v) is 2.88. The van der Waals surface area contributed by atoms with Crippen molar-refractivity contribution in [2.24, 2.45) is 0 Å². The quantitative estimate of drug-likeness (QED) is 0.776. The zero-order valence-electron chi connectivity index (χ0n) is 7.61. The minimum absolute atomic E-state index is 0.0323. The topological polar surface area (TPSA) is 54.4 Å². The average molecular weight is 214 g/mol. The number of aliphatic hydroxyl groups is 1. The van der Waals surface area contributed by atoms with Crippen LogP contribution in [0.4, 0.5) is 8.78 Å². The fourth-order valence-electron chi connectivity index (χ4n) is 1.26. The molecule has 0 saturated heterocycles. The molecule has 0 unspecified atom stereocenters. The Hall–Kier alpha value is -1.62. The zero-order valence-corrected chi connectivity index (χ0v) is 7.61. The molecule has 0 saturated carbocycles. The van der Waals surface area contributed by atoms with Gasteiger partial charge in [-0.1, -0.05) is 0 Å². The van der Waals surface area contributed by atoms with E-state index in [2.05, 4.69) is 0 Å².